The van der Waals surface area contributed by atoms with Crippen molar-refractivity contribution in [1.82, 2.24) is 4.98 Å². The molecule has 0 aliphatic carbocycles. The van der Waals surface area contributed by atoms with Crippen molar-refractivity contribution in [2.45, 2.75) is 18.9 Å². The summed E-state index contributed by atoms with van der Waals surface area (Å²) in [6.07, 6.45) is 4.28. The fraction of sp³-hybridized carbons (Fsp3) is 0.267. The van der Waals surface area contributed by atoms with Crippen molar-refractivity contribution in [1.29, 1.82) is 0 Å². The molecular formula is C15H18BNO4. The van der Waals surface area contributed by atoms with Gasteiger partial charge in [-0.3, -0.25) is 4.98 Å². The molecule has 6 heteroatoms. The zero-order valence-corrected chi connectivity index (χ0v) is 11.6. The zero-order chi connectivity index (χ0) is 15.1. The monoisotopic (exact) mass is 287 g/mol. The van der Waals surface area contributed by atoms with Gasteiger partial charge in [-0.15, -0.1) is 0 Å². The van der Waals surface area contributed by atoms with Crippen LogP contribution in [0, 0.1) is 0 Å². The predicted molar refractivity (Wildman–Crippen MR) is 80.3 cm³/mol. The highest BCUT2D eigenvalue weighted by Crippen LogP contribution is 2.10. The summed E-state index contributed by atoms with van der Waals surface area (Å²) >= 11 is 0. The fourth-order valence-corrected chi connectivity index (χ4v) is 1.89. The van der Waals surface area contributed by atoms with Crippen molar-refractivity contribution in [3.8, 4) is 5.75 Å². The van der Waals surface area contributed by atoms with Crippen LogP contribution in [0.4, 0.5) is 0 Å². The second-order valence-corrected chi connectivity index (χ2v) is 4.81. The van der Waals surface area contributed by atoms with E-state index in [0.29, 0.717) is 17.6 Å². The number of aromatic nitrogens is 1. The quantitative estimate of drug-likeness (QED) is 0.631. The Morgan fingerprint density at radius 2 is 1.90 bits per heavy atom. The number of pyridine rings is 1. The average molecular weight is 287 g/mol. The Hall–Kier alpha value is -1.89. The smallest absolute Gasteiger partial charge is 0.488 e. The van der Waals surface area contributed by atoms with Gasteiger partial charge in [-0.05, 0) is 42.1 Å². The first-order valence-electron chi connectivity index (χ1n) is 6.81. The Labute approximate surface area is 124 Å². The second-order valence-electron chi connectivity index (χ2n) is 4.81. The zero-order valence-electron chi connectivity index (χ0n) is 11.6. The molecule has 0 bridgehead atoms. The molecular weight excluding hydrogens is 269 g/mol. The summed E-state index contributed by atoms with van der Waals surface area (Å²) in [5, 5.41) is 27.9. The number of rotatable bonds is 7. The van der Waals surface area contributed by atoms with Gasteiger partial charge in [0.05, 0.1) is 6.10 Å². The Bertz CT molecular complexity index is 533. The van der Waals surface area contributed by atoms with Gasteiger partial charge < -0.3 is 19.9 Å². The van der Waals surface area contributed by atoms with E-state index in [1.54, 1.807) is 36.7 Å². The van der Waals surface area contributed by atoms with Crippen molar-refractivity contribution in [3.05, 3.63) is 54.4 Å². The Morgan fingerprint density at radius 1 is 1.14 bits per heavy atom. The molecule has 1 atom stereocenters. The average Bonchev–Trinajstić information content (AvgIpc) is 2.52. The number of hydrogen-bond acceptors (Lipinski definition) is 5. The normalized spacial score (nSPS) is 12.0. The van der Waals surface area contributed by atoms with Crippen molar-refractivity contribution < 1.29 is 19.9 Å². The van der Waals surface area contributed by atoms with Gasteiger partial charge in [-0.1, -0.05) is 18.2 Å². The Morgan fingerprint density at radius 3 is 2.52 bits per heavy atom. The molecule has 1 aromatic carbocycles. The molecule has 5 nitrogen and oxygen atoms in total. The minimum atomic E-state index is -1.48. The van der Waals surface area contributed by atoms with E-state index in [1.807, 2.05) is 12.1 Å². The lowest BCUT2D eigenvalue weighted by atomic mass is 9.80. The molecule has 0 amide bonds. The second kappa shape index (κ2) is 7.78. The van der Waals surface area contributed by atoms with Gasteiger partial charge in [0.25, 0.3) is 0 Å². The van der Waals surface area contributed by atoms with E-state index in [4.69, 9.17) is 14.8 Å². The van der Waals surface area contributed by atoms with Gasteiger partial charge >= 0.3 is 7.12 Å². The van der Waals surface area contributed by atoms with Crippen LogP contribution < -0.4 is 10.2 Å². The minimum absolute atomic E-state index is 0.196. The highest BCUT2D eigenvalue weighted by atomic mass is 16.5. The van der Waals surface area contributed by atoms with Crippen LogP contribution in [0.3, 0.4) is 0 Å². The third-order valence-corrected chi connectivity index (χ3v) is 3.11. The van der Waals surface area contributed by atoms with Gasteiger partial charge in [0.1, 0.15) is 12.4 Å². The molecule has 2 aromatic rings. The Balaban J connectivity index is 1.74. The van der Waals surface area contributed by atoms with Crippen LogP contribution in [-0.2, 0) is 6.42 Å². The van der Waals surface area contributed by atoms with Crippen molar-refractivity contribution >= 4 is 12.6 Å². The van der Waals surface area contributed by atoms with E-state index < -0.39 is 13.2 Å². The first kappa shape index (κ1) is 15.5. The van der Waals surface area contributed by atoms with Crippen LogP contribution in [-0.4, -0.2) is 40.0 Å². The first-order valence-corrected chi connectivity index (χ1v) is 6.81. The third kappa shape index (κ3) is 5.19. The van der Waals surface area contributed by atoms with E-state index in [9.17, 15) is 5.11 Å². The molecule has 0 radical (unpaired) electrons. The van der Waals surface area contributed by atoms with E-state index in [2.05, 4.69) is 4.98 Å². The maximum absolute atomic E-state index is 9.89. The molecule has 1 heterocycles. The third-order valence-electron chi connectivity index (χ3n) is 3.11. The number of hydrogen-bond donors (Lipinski definition) is 3. The van der Waals surface area contributed by atoms with Crippen molar-refractivity contribution in [3.63, 3.8) is 0 Å². The van der Waals surface area contributed by atoms with E-state index in [1.165, 1.54) is 0 Å². The van der Waals surface area contributed by atoms with Crippen LogP contribution in [0.1, 0.15) is 12.0 Å². The molecule has 1 aromatic heterocycles. The summed E-state index contributed by atoms with van der Waals surface area (Å²) < 4.78 is 5.46. The lowest BCUT2D eigenvalue weighted by molar-refractivity contribution is 0.100. The summed E-state index contributed by atoms with van der Waals surface area (Å²) in [6.45, 7) is 0.196. The van der Waals surface area contributed by atoms with Crippen LogP contribution in [0.2, 0.25) is 0 Å². The van der Waals surface area contributed by atoms with Crippen LogP contribution in [0.15, 0.2) is 48.8 Å². The molecule has 0 unspecified atom stereocenters. The molecule has 0 aliphatic heterocycles. The van der Waals surface area contributed by atoms with Gasteiger partial charge in [0.2, 0.25) is 0 Å². The Kier molecular flexibility index (Phi) is 5.74. The van der Waals surface area contributed by atoms with E-state index in [-0.39, 0.29) is 6.61 Å². The minimum Gasteiger partial charge on any atom is -0.491 e. The molecule has 3 N–H and O–H groups in total. The van der Waals surface area contributed by atoms with Gasteiger partial charge in [-0.2, -0.15) is 0 Å². The fourth-order valence-electron chi connectivity index (χ4n) is 1.89. The standard InChI is InChI=1S/C15H18BNO4/c18-14(6-3-12-2-1-9-17-10-12)11-21-15-7-4-13(5-8-15)16(19)20/h1-2,4-5,7-10,14,18-20H,3,6,11H2/t14-/m1/s1. The molecule has 0 aliphatic rings. The predicted octanol–water partition coefficient (Wildman–Crippen LogP) is 0.134. The summed E-state index contributed by atoms with van der Waals surface area (Å²) in [5.41, 5.74) is 1.48. The number of benzene rings is 1. The molecule has 0 spiro atoms. The number of nitrogens with zero attached hydrogens (tertiary/aromatic N) is 1. The maximum Gasteiger partial charge on any atom is 0.488 e. The van der Waals surface area contributed by atoms with E-state index in [0.717, 1.165) is 12.0 Å². The maximum atomic E-state index is 9.89. The number of aliphatic hydroxyl groups is 1. The molecule has 0 saturated carbocycles. The first-order chi connectivity index (χ1) is 10.1. The SMILES string of the molecule is OB(O)c1ccc(OC[C@H](O)CCc2cccnc2)cc1. The lowest BCUT2D eigenvalue weighted by Crippen LogP contribution is -2.29. The van der Waals surface area contributed by atoms with E-state index >= 15 is 0 Å². The number of aryl methyl sites for hydroxylation is 1. The van der Waals surface area contributed by atoms with Gasteiger partial charge in [0.15, 0.2) is 0 Å². The molecule has 0 fully saturated rings. The summed E-state index contributed by atoms with van der Waals surface area (Å²) in [6, 6.07) is 10.3. The van der Waals surface area contributed by atoms with Crippen LogP contribution >= 0.6 is 0 Å². The topological polar surface area (TPSA) is 82.8 Å². The van der Waals surface area contributed by atoms with Crippen molar-refractivity contribution in [2.24, 2.45) is 0 Å². The molecule has 2 rings (SSSR count). The highest BCUT2D eigenvalue weighted by Gasteiger charge is 2.10. The largest absolute Gasteiger partial charge is 0.491 e. The lowest BCUT2D eigenvalue weighted by Gasteiger charge is -2.12. The molecule has 110 valence electrons. The number of ether oxygens (including phenoxy) is 1. The van der Waals surface area contributed by atoms with Crippen LogP contribution in [0.25, 0.3) is 0 Å². The molecule has 0 saturated heterocycles. The summed E-state index contributed by atoms with van der Waals surface area (Å²) in [5.74, 6) is 0.583. The van der Waals surface area contributed by atoms with Crippen LogP contribution in [0.5, 0.6) is 5.75 Å². The molecule has 21 heavy (non-hydrogen) atoms. The van der Waals surface area contributed by atoms with Gasteiger partial charge in [0, 0.05) is 12.4 Å². The van der Waals surface area contributed by atoms with Crippen molar-refractivity contribution in [2.75, 3.05) is 6.61 Å². The highest BCUT2D eigenvalue weighted by molar-refractivity contribution is 6.58. The van der Waals surface area contributed by atoms with Gasteiger partial charge in [-0.25, -0.2) is 0 Å². The summed E-state index contributed by atoms with van der Waals surface area (Å²) in [7, 11) is -1.48. The summed E-state index contributed by atoms with van der Waals surface area (Å²) in [4.78, 5) is 4.02. The number of aliphatic hydroxyl groups excluding tert-OH is 1.